The van der Waals surface area contributed by atoms with Crippen molar-refractivity contribution < 1.29 is 34.1 Å². The van der Waals surface area contributed by atoms with Gasteiger partial charge in [-0.3, -0.25) is 4.79 Å². The maximum absolute atomic E-state index is 12.4. The standard InChI is InChI=1S/C24H27Cl2NO7/c1-24(2,3)34-19(29)12-17(27-23(32)33-13-14-7-5-4-6-8-14)18(28)11-15-9-10-16(25)20(21(15)26)22(30)31/h4-10,17-18,28H,11-13H2,1-3H3,(H,27,32)(H,30,31)/t17-,18?/m0/s1. The molecule has 0 saturated heterocycles. The molecule has 10 heteroatoms. The minimum Gasteiger partial charge on any atom is -0.478 e. The van der Waals surface area contributed by atoms with E-state index in [-0.39, 0.29) is 40.6 Å². The molecule has 0 saturated carbocycles. The number of halogens is 2. The number of amides is 1. The molecule has 0 fully saturated rings. The van der Waals surface area contributed by atoms with Gasteiger partial charge in [-0.15, -0.1) is 0 Å². The maximum atomic E-state index is 12.4. The molecule has 0 heterocycles. The summed E-state index contributed by atoms with van der Waals surface area (Å²) < 4.78 is 10.5. The van der Waals surface area contributed by atoms with Crippen molar-refractivity contribution in [2.24, 2.45) is 0 Å². The van der Waals surface area contributed by atoms with Gasteiger partial charge in [-0.25, -0.2) is 9.59 Å². The number of carboxylic acid groups (broad SMARTS) is 1. The number of hydrogen-bond acceptors (Lipinski definition) is 6. The number of carbonyl (C=O) groups excluding carboxylic acids is 2. The van der Waals surface area contributed by atoms with Gasteiger partial charge in [-0.05, 0) is 38.0 Å². The van der Waals surface area contributed by atoms with Crippen LogP contribution >= 0.6 is 23.2 Å². The first-order valence-electron chi connectivity index (χ1n) is 10.4. The van der Waals surface area contributed by atoms with E-state index >= 15 is 0 Å². The largest absolute Gasteiger partial charge is 0.478 e. The van der Waals surface area contributed by atoms with Gasteiger partial charge in [-0.2, -0.15) is 0 Å². The lowest BCUT2D eigenvalue weighted by Crippen LogP contribution is -2.46. The molecule has 0 aliphatic heterocycles. The highest BCUT2D eigenvalue weighted by Crippen LogP contribution is 2.29. The number of benzene rings is 2. The topological polar surface area (TPSA) is 122 Å². The van der Waals surface area contributed by atoms with Gasteiger partial charge >= 0.3 is 18.0 Å². The zero-order valence-corrected chi connectivity index (χ0v) is 20.5. The van der Waals surface area contributed by atoms with E-state index in [1.165, 1.54) is 12.1 Å². The summed E-state index contributed by atoms with van der Waals surface area (Å²) in [7, 11) is 0. The van der Waals surface area contributed by atoms with Crippen LogP contribution in [0.5, 0.6) is 0 Å². The van der Waals surface area contributed by atoms with Gasteiger partial charge in [0.1, 0.15) is 12.2 Å². The molecule has 2 atom stereocenters. The molecule has 1 unspecified atom stereocenters. The molecule has 1 amide bonds. The lowest BCUT2D eigenvalue weighted by molar-refractivity contribution is -0.156. The number of ether oxygens (including phenoxy) is 2. The predicted molar refractivity (Wildman–Crippen MR) is 127 cm³/mol. The van der Waals surface area contributed by atoms with E-state index in [1.54, 1.807) is 45.0 Å². The smallest absolute Gasteiger partial charge is 0.407 e. The highest BCUT2D eigenvalue weighted by atomic mass is 35.5. The average molecular weight is 512 g/mol. The Bertz CT molecular complexity index is 1020. The van der Waals surface area contributed by atoms with Crippen molar-refractivity contribution in [3.05, 3.63) is 69.2 Å². The van der Waals surface area contributed by atoms with Crippen LogP contribution in [0, 0.1) is 0 Å². The molecule has 0 aliphatic carbocycles. The van der Waals surface area contributed by atoms with Crippen LogP contribution in [-0.2, 0) is 27.3 Å². The van der Waals surface area contributed by atoms with E-state index in [1.807, 2.05) is 6.07 Å². The van der Waals surface area contributed by atoms with Crippen molar-refractivity contribution in [1.82, 2.24) is 5.32 Å². The molecule has 0 bridgehead atoms. The molecule has 0 radical (unpaired) electrons. The molecule has 2 rings (SSSR count). The Morgan fingerprint density at radius 1 is 1.06 bits per heavy atom. The summed E-state index contributed by atoms with van der Waals surface area (Å²) >= 11 is 12.1. The molecule has 3 N–H and O–H groups in total. The number of nitrogens with one attached hydrogen (secondary N) is 1. The molecule has 0 aliphatic rings. The zero-order chi connectivity index (χ0) is 25.5. The van der Waals surface area contributed by atoms with Crippen LogP contribution in [0.4, 0.5) is 4.79 Å². The molecule has 2 aromatic carbocycles. The van der Waals surface area contributed by atoms with Gasteiger partial charge in [0, 0.05) is 6.42 Å². The van der Waals surface area contributed by atoms with Crippen LogP contribution < -0.4 is 5.32 Å². The third-order valence-electron chi connectivity index (χ3n) is 4.60. The van der Waals surface area contributed by atoms with E-state index in [4.69, 9.17) is 32.7 Å². The number of aliphatic hydroxyl groups excluding tert-OH is 1. The summed E-state index contributed by atoms with van der Waals surface area (Å²) in [6.45, 7) is 5.07. The van der Waals surface area contributed by atoms with Gasteiger partial charge in [0.2, 0.25) is 0 Å². The van der Waals surface area contributed by atoms with Crippen LogP contribution in [0.25, 0.3) is 0 Å². The molecular formula is C24H27Cl2NO7. The number of hydrogen-bond donors (Lipinski definition) is 3. The Kier molecular flexibility index (Phi) is 9.73. The Labute approximate surface area is 207 Å². The van der Waals surface area contributed by atoms with E-state index in [2.05, 4.69) is 5.32 Å². The van der Waals surface area contributed by atoms with E-state index in [9.17, 15) is 24.6 Å². The Morgan fingerprint density at radius 3 is 2.29 bits per heavy atom. The van der Waals surface area contributed by atoms with Crippen molar-refractivity contribution >= 4 is 41.2 Å². The summed E-state index contributed by atoms with van der Waals surface area (Å²) in [6, 6.07) is 10.7. The summed E-state index contributed by atoms with van der Waals surface area (Å²) in [5.41, 5.74) is -0.0244. The minimum absolute atomic E-state index is 0.00703. The second-order valence-corrected chi connectivity index (χ2v) is 9.36. The van der Waals surface area contributed by atoms with Crippen molar-refractivity contribution in [3.8, 4) is 0 Å². The molecule has 8 nitrogen and oxygen atoms in total. The quantitative estimate of drug-likeness (QED) is 0.419. The number of carboxylic acids is 1. The van der Waals surface area contributed by atoms with Crippen LogP contribution in [0.2, 0.25) is 10.0 Å². The monoisotopic (exact) mass is 511 g/mol. The first-order valence-corrected chi connectivity index (χ1v) is 11.2. The van der Waals surface area contributed by atoms with Gasteiger partial charge in [-0.1, -0.05) is 59.6 Å². The highest BCUT2D eigenvalue weighted by molar-refractivity contribution is 6.39. The number of rotatable bonds is 9. The molecule has 2 aromatic rings. The SMILES string of the molecule is CC(C)(C)OC(=O)C[C@H](NC(=O)OCc1ccccc1)C(O)Cc1ccc(Cl)c(C(=O)O)c1Cl. The normalized spacial score (nSPS) is 13.0. The van der Waals surface area contributed by atoms with Crippen LogP contribution in [0.1, 0.15) is 48.7 Å². The molecule has 184 valence electrons. The van der Waals surface area contributed by atoms with Crippen LogP contribution in [-0.4, -0.2) is 46.0 Å². The van der Waals surface area contributed by atoms with Crippen molar-refractivity contribution in [3.63, 3.8) is 0 Å². The molecule has 0 spiro atoms. The highest BCUT2D eigenvalue weighted by Gasteiger charge is 2.29. The second-order valence-electron chi connectivity index (χ2n) is 8.58. The number of alkyl carbamates (subject to hydrolysis) is 1. The molecular weight excluding hydrogens is 485 g/mol. The fourth-order valence-electron chi connectivity index (χ4n) is 3.08. The van der Waals surface area contributed by atoms with E-state index in [0.29, 0.717) is 0 Å². The Hall–Kier alpha value is -2.81. The summed E-state index contributed by atoms with van der Waals surface area (Å²) in [4.78, 5) is 36.2. The summed E-state index contributed by atoms with van der Waals surface area (Å²) in [5.74, 6) is -1.97. The third kappa shape index (κ3) is 8.52. The maximum Gasteiger partial charge on any atom is 0.407 e. The molecule has 0 aromatic heterocycles. The Balaban J connectivity index is 2.17. The van der Waals surface area contributed by atoms with Crippen molar-refractivity contribution in [1.29, 1.82) is 0 Å². The lowest BCUT2D eigenvalue weighted by atomic mass is 9.98. The van der Waals surface area contributed by atoms with Gasteiger partial charge in [0.05, 0.1) is 34.2 Å². The summed E-state index contributed by atoms with van der Waals surface area (Å²) in [6.07, 6.45) is -2.68. The number of esters is 1. The lowest BCUT2D eigenvalue weighted by Gasteiger charge is -2.26. The fourth-order valence-corrected chi connectivity index (χ4v) is 3.69. The van der Waals surface area contributed by atoms with Crippen molar-refractivity contribution in [2.45, 2.75) is 58.0 Å². The number of carbonyl (C=O) groups is 3. The number of aromatic carboxylic acids is 1. The van der Waals surface area contributed by atoms with Crippen LogP contribution in [0.15, 0.2) is 42.5 Å². The zero-order valence-electron chi connectivity index (χ0n) is 19.0. The fraction of sp³-hybridized carbons (Fsp3) is 0.375. The first-order chi connectivity index (χ1) is 15.9. The van der Waals surface area contributed by atoms with E-state index < -0.39 is 35.8 Å². The minimum atomic E-state index is -1.32. The number of aliphatic hydroxyl groups is 1. The third-order valence-corrected chi connectivity index (χ3v) is 5.35. The van der Waals surface area contributed by atoms with Gasteiger partial charge < -0.3 is 25.0 Å². The Morgan fingerprint density at radius 2 is 1.71 bits per heavy atom. The van der Waals surface area contributed by atoms with Gasteiger partial charge in [0.25, 0.3) is 0 Å². The van der Waals surface area contributed by atoms with Crippen molar-refractivity contribution in [2.75, 3.05) is 0 Å². The van der Waals surface area contributed by atoms with Crippen LogP contribution in [0.3, 0.4) is 0 Å². The molecule has 34 heavy (non-hydrogen) atoms. The van der Waals surface area contributed by atoms with E-state index in [0.717, 1.165) is 5.56 Å². The first kappa shape index (κ1) is 27.4. The second kappa shape index (κ2) is 12.1. The summed E-state index contributed by atoms with van der Waals surface area (Å²) in [5, 5.41) is 22.5. The average Bonchev–Trinajstić information content (AvgIpc) is 2.73. The predicted octanol–water partition coefficient (Wildman–Crippen LogP) is 4.62. The van der Waals surface area contributed by atoms with Gasteiger partial charge in [0.15, 0.2) is 0 Å².